The van der Waals surface area contributed by atoms with E-state index in [1.54, 1.807) is 24.3 Å². The van der Waals surface area contributed by atoms with Gasteiger partial charge in [-0.25, -0.2) is 0 Å². The van der Waals surface area contributed by atoms with Crippen LogP contribution in [0.2, 0.25) is 5.02 Å². The van der Waals surface area contributed by atoms with Crippen molar-refractivity contribution >= 4 is 11.6 Å². The zero-order valence-corrected chi connectivity index (χ0v) is 11.5. The molecule has 0 radical (unpaired) electrons. The minimum atomic E-state index is -4.38. The van der Waals surface area contributed by atoms with E-state index in [2.05, 4.69) is 0 Å². The van der Waals surface area contributed by atoms with Crippen LogP contribution in [0.1, 0.15) is 17.2 Å². The fourth-order valence-corrected chi connectivity index (χ4v) is 1.92. The fourth-order valence-electron chi connectivity index (χ4n) is 1.73. The van der Waals surface area contributed by atoms with E-state index in [1.165, 1.54) is 12.1 Å². The van der Waals surface area contributed by atoms with Crippen molar-refractivity contribution in [1.82, 2.24) is 0 Å². The number of hydrogen-bond acceptors (Lipinski definition) is 2. The first-order valence-electron chi connectivity index (χ1n) is 6.10. The molecule has 0 spiro atoms. The predicted molar refractivity (Wildman–Crippen MR) is 73.4 cm³/mol. The van der Waals surface area contributed by atoms with Gasteiger partial charge in [0.2, 0.25) is 0 Å². The first kappa shape index (κ1) is 15.7. The van der Waals surface area contributed by atoms with E-state index >= 15 is 0 Å². The van der Waals surface area contributed by atoms with E-state index in [0.717, 1.165) is 12.1 Å². The third kappa shape index (κ3) is 4.37. The van der Waals surface area contributed by atoms with Crippen LogP contribution in [0.4, 0.5) is 13.2 Å². The molecule has 6 heteroatoms. The molecule has 21 heavy (non-hydrogen) atoms. The second-order valence-electron chi connectivity index (χ2n) is 4.40. The lowest BCUT2D eigenvalue weighted by atomic mass is 10.1. The molecule has 0 aliphatic heterocycles. The Balaban J connectivity index is 1.97. The molecule has 0 aliphatic rings. The molecule has 1 N–H and O–H groups in total. The topological polar surface area (TPSA) is 29.5 Å². The van der Waals surface area contributed by atoms with Gasteiger partial charge >= 0.3 is 6.18 Å². The average Bonchev–Trinajstić information content (AvgIpc) is 2.44. The second-order valence-corrected chi connectivity index (χ2v) is 4.84. The summed E-state index contributed by atoms with van der Waals surface area (Å²) in [5.41, 5.74) is -0.167. The van der Waals surface area contributed by atoms with Crippen LogP contribution in [-0.4, -0.2) is 11.7 Å². The number of rotatable bonds is 4. The number of aliphatic hydroxyl groups excluding tert-OH is 1. The summed E-state index contributed by atoms with van der Waals surface area (Å²) in [6.07, 6.45) is -5.29. The van der Waals surface area contributed by atoms with Crippen molar-refractivity contribution in [3.05, 3.63) is 64.7 Å². The number of aliphatic hydroxyl groups is 1. The highest BCUT2D eigenvalue weighted by Gasteiger charge is 2.30. The molecule has 0 aromatic heterocycles. The Labute approximate surface area is 124 Å². The van der Waals surface area contributed by atoms with Crippen LogP contribution in [0.5, 0.6) is 5.75 Å². The SMILES string of the molecule is OC(COc1ccc(C(F)(F)F)cc1)c1cccc(Cl)c1. The smallest absolute Gasteiger partial charge is 0.416 e. The van der Waals surface area contributed by atoms with Gasteiger partial charge in [-0.1, -0.05) is 23.7 Å². The van der Waals surface area contributed by atoms with E-state index < -0.39 is 17.8 Å². The Bertz CT molecular complexity index is 597. The minimum absolute atomic E-state index is 0.0777. The quantitative estimate of drug-likeness (QED) is 0.901. The number of hydrogen-bond donors (Lipinski definition) is 1. The van der Waals surface area contributed by atoms with Crippen LogP contribution in [0.25, 0.3) is 0 Å². The largest absolute Gasteiger partial charge is 0.491 e. The van der Waals surface area contributed by atoms with Gasteiger partial charge in [-0.05, 0) is 42.0 Å². The maximum absolute atomic E-state index is 12.4. The number of halogens is 4. The lowest BCUT2D eigenvalue weighted by Crippen LogP contribution is -2.10. The predicted octanol–water partition coefficient (Wildman–Crippen LogP) is 4.47. The molecular formula is C15H12ClF3O2. The Morgan fingerprint density at radius 2 is 1.76 bits per heavy atom. The molecule has 1 unspecified atom stereocenters. The molecule has 0 saturated carbocycles. The van der Waals surface area contributed by atoms with Crippen molar-refractivity contribution in [3.63, 3.8) is 0 Å². The first-order valence-corrected chi connectivity index (χ1v) is 6.47. The van der Waals surface area contributed by atoms with Gasteiger partial charge in [0.05, 0.1) is 5.56 Å². The zero-order valence-electron chi connectivity index (χ0n) is 10.8. The second kappa shape index (κ2) is 6.37. The normalized spacial score (nSPS) is 13.0. The van der Waals surface area contributed by atoms with E-state index in [0.29, 0.717) is 10.6 Å². The van der Waals surface area contributed by atoms with Gasteiger partial charge in [0, 0.05) is 5.02 Å². The van der Waals surface area contributed by atoms with Crippen molar-refractivity contribution in [1.29, 1.82) is 0 Å². The summed E-state index contributed by atoms with van der Waals surface area (Å²) in [5.74, 6) is 0.254. The highest BCUT2D eigenvalue weighted by molar-refractivity contribution is 6.30. The molecule has 2 rings (SSSR count). The van der Waals surface area contributed by atoms with Crippen molar-refractivity contribution in [2.45, 2.75) is 12.3 Å². The summed E-state index contributed by atoms with van der Waals surface area (Å²) in [6.45, 7) is -0.0777. The maximum Gasteiger partial charge on any atom is 0.416 e. The lowest BCUT2D eigenvalue weighted by molar-refractivity contribution is -0.137. The third-order valence-electron chi connectivity index (χ3n) is 2.82. The Morgan fingerprint density at radius 1 is 1.10 bits per heavy atom. The number of ether oxygens (including phenoxy) is 1. The Kier molecular flexibility index (Phi) is 4.75. The minimum Gasteiger partial charge on any atom is -0.491 e. The highest BCUT2D eigenvalue weighted by atomic mass is 35.5. The van der Waals surface area contributed by atoms with E-state index in [4.69, 9.17) is 16.3 Å². The Morgan fingerprint density at radius 3 is 2.33 bits per heavy atom. The average molecular weight is 317 g/mol. The van der Waals surface area contributed by atoms with Crippen LogP contribution < -0.4 is 4.74 Å². The van der Waals surface area contributed by atoms with E-state index in [-0.39, 0.29) is 12.4 Å². The highest BCUT2D eigenvalue weighted by Crippen LogP contribution is 2.30. The van der Waals surface area contributed by atoms with Crippen LogP contribution in [0, 0.1) is 0 Å². The summed E-state index contributed by atoms with van der Waals surface area (Å²) in [4.78, 5) is 0. The molecule has 0 aliphatic carbocycles. The molecule has 2 nitrogen and oxygen atoms in total. The van der Waals surface area contributed by atoms with Crippen molar-refractivity contribution in [2.24, 2.45) is 0 Å². The van der Waals surface area contributed by atoms with Gasteiger partial charge in [0.15, 0.2) is 0 Å². The molecule has 112 valence electrons. The molecular weight excluding hydrogens is 305 g/mol. The molecule has 1 atom stereocenters. The van der Waals surface area contributed by atoms with Crippen LogP contribution >= 0.6 is 11.6 Å². The standard InChI is InChI=1S/C15H12ClF3O2/c16-12-3-1-2-10(8-12)14(20)9-21-13-6-4-11(5-7-13)15(17,18)19/h1-8,14,20H,9H2. The maximum atomic E-state index is 12.4. The Hall–Kier alpha value is -1.72. The molecule has 0 bridgehead atoms. The lowest BCUT2D eigenvalue weighted by Gasteiger charge is -2.13. The van der Waals surface area contributed by atoms with Crippen LogP contribution in [-0.2, 0) is 6.18 Å². The van der Waals surface area contributed by atoms with E-state index in [1.807, 2.05) is 0 Å². The summed E-state index contributed by atoms with van der Waals surface area (Å²) < 4.78 is 42.5. The van der Waals surface area contributed by atoms with Gasteiger partial charge in [0.25, 0.3) is 0 Å². The van der Waals surface area contributed by atoms with Gasteiger partial charge in [-0.3, -0.25) is 0 Å². The summed E-state index contributed by atoms with van der Waals surface area (Å²) >= 11 is 5.81. The van der Waals surface area contributed by atoms with Gasteiger partial charge in [-0.2, -0.15) is 13.2 Å². The van der Waals surface area contributed by atoms with Crippen molar-refractivity contribution in [3.8, 4) is 5.75 Å². The number of alkyl halides is 3. The van der Waals surface area contributed by atoms with Crippen LogP contribution in [0.3, 0.4) is 0 Å². The first-order chi connectivity index (χ1) is 9.86. The summed E-state index contributed by atoms with van der Waals surface area (Å²) in [5, 5.41) is 10.4. The molecule has 0 amide bonds. The van der Waals surface area contributed by atoms with Crippen LogP contribution in [0.15, 0.2) is 48.5 Å². The van der Waals surface area contributed by atoms with Gasteiger partial charge < -0.3 is 9.84 Å². The molecule has 0 saturated heterocycles. The fraction of sp³-hybridized carbons (Fsp3) is 0.200. The third-order valence-corrected chi connectivity index (χ3v) is 3.06. The zero-order chi connectivity index (χ0) is 15.5. The summed E-state index contributed by atoms with van der Waals surface area (Å²) in [7, 11) is 0. The molecule has 2 aromatic rings. The number of benzene rings is 2. The van der Waals surface area contributed by atoms with Crippen molar-refractivity contribution < 1.29 is 23.0 Å². The molecule has 0 fully saturated rings. The van der Waals surface area contributed by atoms with Gasteiger partial charge in [0.1, 0.15) is 18.5 Å². The van der Waals surface area contributed by atoms with Crippen molar-refractivity contribution in [2.75, 3.05) is 6.61 Å². The summed E-state index contributed by atoms with van der Waals surface area (Å²) in [6, 6.07) is 11.0. The molecule has 2 aromatic carbocycles. The monoisotopic (exact) mass is 316 g/mol. The molecule has 0 heterocycles. The van der Waals surface area contributed by atoms with E-state index in [9.17, 15) is 18.3 Å². The van der Waals surface area contributed by atoms with Gasteiger partial charge in [-0.15, -0.1) is 0 Å².